The van der Waals surface area contributed by atoms with Crippen molar-refractivity contribution in [3.8, 4) is 0 Å². The fourth-order valence-electron chi connectivity index (χ4n) is 1.70. The molecule has 0 aromatic heterocycles. The van der Waals surface area contributed by atoms with Gasteiger partial charge in [-0.25, -0.2) is 0 Å². The SMILES string of the molecule is CCCCCCCC(=O)Nc1cc(Br)ccc1Br. The Bertz CT molecular complexity index is 393. The first-order chi connectivity index (χ1) is 8.63. The van der Waals surface area contributed by atoms with E-state index in [0.29, 0.717) is 6.42 Å². The molecule has 1 rings (SSSR count). The Morgan fingerprint density at radius 3 is 2.61 bits per heavy atom. The number of amides is 1. The first-order valence-corrected chi connectivity index (χ1v) is 7.97. The molecule has 0 saturated heterocycles. The Labute approximate surface area is 126 Å². The van der Waals surface area contributed by atoms with Gasteiger partial charge in [0.1, 0.15) is 0 Å². The molecule has 0 bridgehead atoms. The van der Waals surface area contributed by atoms with Crippen molar-refractivity contribution in [2.24, 2.45) is 0 Å². The lowest BCUT2D eigenvalue weighted by atomic mass is 10.1. The van der Waals surface area contributed by atoms with Crippen LogP contribution in [0.15, 0.2) is 27.1 Å². The van der Waals surface area contributed by atoms with E-state index >= 15 is 0 Å². The molecule has 0 spiro atoms. The first kappa shape index (κ1) is 15.7. The van der Waals surface area contributed by atoms with E-state index in [1.807, 2.05) is 18.2 Å². The van der Waals surface area contributed by atoms with Crippen molar-refractivity contribution >= 4 is 43.5 Å². The number of unbranched alkanes of at least 4 members (excludes halogenated alkanes) is 4. The summed E-state index contributed by atoms with van der Waals surface area (Å²) in [5.74, 6) is 0.0882. The molecule has 1 N–H and O–H groups in total. The van der Waals surface area contributed by atoms with Gasteiger partial charge in [0.05, 0.1) is 5.69 Å². The lowest BCUT2D eigenvalue weighted by molar-refractivity contribution is -0.116. The van der Waals surface area contributed by atoms with E-state index in [1.165, 1.54) is 19.3 Å². The lowest BCUT2D eigenvalue weighted by Crippen LogP contribution is -2.11. The van der Waals surface area contributed by atoms with Gasteiger partial charge in [-0.05, 0) is 40.5 Å². The summed E-state index contributed by atoms with van der Waals surface area (Å²) in [5.41, 5.74) is 0.822. The van der Waals surface area contributed by atoms with Crippen LogP contribution in [0.2, 0.25) is 0 Å². The molecule has 1 aromatic carbocycles. The van der Waals surface area contributed by atoms with Crippen LogP contribution in [0.25, 0.3) is 0 Å². The minimum atomic E-state index is 0.0882. The topological polar surface area (TPSA) is 29.1 Å². The molecule has 0 heterocycles. The number of halogens is 2. The second-order valence-corrected chi connectivity index (χ2v) is 6.11. The van der Waals surface area contributed by atoms with E-state index < -0.39 is 0 Å². The molecule has 0 aliphatic rings. The van der Waals surface area contributed by atoms with E-state index in [9.17, 15) is 4.79 Å². The summed E-state index contributed by atoms with van der Waals surface area (Å²) < 4.78 is 1.87. The van der Waals surface area contributed by atoms with Crippen molar-refractivity contribution in [3.63, 3.8) is 0 Å². The van der Waals surface area contributed by atoms with Crippen molar-refractivity contribution in [3.05, 3.63) is 27.1 Å². The number of hydrogen-bond donors (Lipinski definition) is 1. The van der Waals surface area contributed by atoms with Gasteiger partial charge in [-0.2, -0.15) is 0 Å². The molecular weight excluding hydrogens is 358 g/mol. The molecule has 100 valence electrons. The fraction of sp³-hybridized carbons (Fsp3) is 0.500. The number of rotatable bonds is 7. The summed E-state index contributed by atoms with van der Waals surface area (Å²) >= 11 is 6.82. The fourth-order valence-corrected chi connectivity index (χ4v) is 2.40. The van der Waals surface area contributed by atoms with Crippen molar-refractivity contribution in [1.29, 1.82) is 0 Å². The molecule has 0 unspecified atom stereocenters. The second kappa shape index (κ2) is 8.70. The molecule has 2 nitrogen and oxygen atoms in total. The third-order valence-corrected chi connectivity index (χ3v) is 3.89. The van der Waals surface area contributed by atoms with Crippen LogP contribution in [-0.2, 0) is 4.79 Å². The van der Waals surface area contributed by atoms with Crippen LogP contribution in [0, 0.1) is 0 Å². The molecule has 18 heavy (non-hydrogen) atoms. The molecule has 1 amide bonds. The highest BCUT2D eigenvalue weighted by atomic mass is 79.9. The minimum Gasteiger partial charge on any atom is -0.325 e. The zero-order valence-corrected chi connectivity index (χ0v) is 13.8. The van der Waals surface area contributed by atoms with E-state index in [2.05, 4.69) is 44.1 Å². The van der Waals surface area contributed by atoms with E-state index in [0.717, 1.165) is 27.5 Å². The van der Waals surface area contributed by atoms with E-state index in [4.69, 9.17) is 0 Å². The number of carbonyl (C=O) groups is 1. The third kappa shape index (κ3) is 6.01. The summed E-state index contributed by atoms with van der Waals surface area (Å²) in [7, 11) is 0. The standard InChI is InChI=1S/C14H19Br2NO/c1-2-3-4-5-6-7-14(18)17-13-10-11(15)8-9-12(13)16/h8-10H,2-7H2,1H3,(H,17,18). The molecule has 0 atom stereocenters. The average Bonchev–Trinajstić information content (AvgIpc) is 2.33. The predicted octanol–water partition coefficient (Wildman–Crippen LogP) is 5.51. The van der Waals surface area contributed by atoms with Gasteiger partial charge >= 0.3 is 0 Å². The zero-order valence-electron chi connectivity index (χ0n) is 10.6. The van der Waals surface area contributed by atoms with Crippen LogP contribution in [-0.4, -0.2) is 5.91 Å². The molecule has 0 aliphatic carbocycles. The zero-order chi connectivity index (χ0) is 13.4. The van der Waals surface area contributed by atoms with Gasteiger partial charge in [-0.1, -0.05) is 48.5 Å². The molecular formula is C14H19Br2NO. The van der Waals surface area contributed by atoms with Crippen LogP contribution in [0.4, 0.5) is 5.69 Å². The summed E-state index contributed by atoms with van der Waals surface area (Å²) in [5, 5.41) is 2.93. The molecule has 0 aliphatic heterocycles. The van der Waals surface area contributed by atoms with Gasteiger partial charge in [0.2, 0.25) is 5.91 Å². The van der Waals surface area contributed by atoms with Crippen LogP contribution in [0.3, 0.4) is 0 Å². The summed E-state index contributed by atoms with van der Waals surface area (Å²) in [6.45, 7) is 2.19. The highest BCUT2D eigenvalue weighted by molar-refractivity contribution is 9.11. The van der Waals surface area contributed by atoms with Gasteiger partial charge in [-0.15, -0.1) is 0 Å². The number of carbonyl (C=O) groups excluding carboxylic acids is 1. The molecule has 0 saturated carbocycles. The Morgan fingerprint density at radius 1 is 1.17 bits per heavy atom. The maximum absolute atomic E-state index is 11.8. The Morgan fingerprint density at radius 2 is 1.89 bits per heavy atom. The molecule has 0 radical (unpaired) electrons. The maximum Gasteiger partial charge on any atom is 0.224 e. The first-order valence-electron chi connectivity index (χ1n) is 6.38. The van der Waals surface area contributed by atoms with Crippen LogP contribution in [0.5, 0.6) is 0 Å². The van der Waals surface area contributed by atoms with Crippen LogP contribution < -0.4 is 5.32 Å². The Balaban J connectivity index is 2.33. The number of hydrogen-bond acceptors (Lipinski definition) is 1. The smallest absolute Gasteiger partial charge is 0.224 e. The largest absolute Gasteiger partial charge is 0.325 e. The van der Waals surface area contributed by atoms with Crippen LogP contribution >= 0.6 is 31.9 Å². The number of benzene rings is 1. The number of anilines is 1. The van der Waals surface area contributed by atoms with Gasteiger partial charge in [0.25, 0.3) is 0 Å². The Hall–Kier alpha value is -0.350. The third-order valence-electron chi connectivity index (χ3n) is 2.71. The van der Waals surface area contributed by atoms with Gasteiger partial charge in [0.15, 0.2) is 0 Å². The monoisotopic (exact) mass is 375 g/mol. The van der Waals surface area contributed by atoms with Gasteiger partial charge in [0, 0.05) is 15.4 Å². The molecule has 4 heteroatoms. The van der Waals surface area contributed by atoms with Crippen molar-refractivity contribution in [2.45, 2.75) is 45.4 Å². The lowest BCUT2D eigenvalue weighted by Gasteiger charge is -2.07. The summed E-state index contributed by atoms with van der Waals surface area (Å²) in [6, 6.07) is 5.75. The quantitative estimate of drug-likeness (QED) is 0.624. The van der Waals surface area contributed by atoms with Crippen molar-refractivity contribution < 1.29 is 4.79 Å². The Kier molecular flexibility index (Phi) is 7.59. The van der Waals surface area contributed by atoms with Crippen molar-refractivity contribution in [2.75, 3.05) is 5.32 Å². The van der Waals surface area contributed by atoms with Gasteiger partial charge < -0.3 is 5.32 Å². The summed E-state index contributed by atoms with van der Waals surface area (Å²) in [4.78, 5) is 11.8. The predicted molar refractivity (Wildman–Crippen MR) is 83.8 cm³/mol. The average molecular weight is 377 g/mol. The highest BCUT2D eigenvalue weighted by Gasteiger charge is 2.05. The van der Waals surface area contributed by atoms with E-state index in [1.54, 1.807) is 0 Å². The normalized spacial score (nSPS) is 10.4. The molecule has 0 fully saturated rings. The number of nitrogens with one attached hydrogen (secondary N) is 1. The maximum atomic E-state index is 11.8. The highest BCUT2D eigenvalue weighted by Crippen LogP contribution is 2.26. The van der Waals surface area contributed by atoms with E-state index in [-0.39, 0.29) is 5.91 Å². The van der Waals surface area contributed by atoms with Crippen molar-refractivity contribution in [1.82, 2.24) is 0 Å². The van der Waals surface area contributed by atoms with Gasteiger partial charge in [-0.3, -0.25) is 4.79 Å². The minimum absolute atomic E-state index is 0.0882. The summed E-state index contributed by atoms with van der Waals surface area (Å²) in [6.07, 6.45) is 6.43. The second-order valence-electron chi connectivity index (χ2n) is 4.34. The molecule has 1 aromatic rings. The van der Waals surface area contributed by atoms with Crippen LogP contribution in [0.1, 0.15) is 45.4 Å².